The first-order valence-corrected chi connectivity index (χ1v) is 4.91. The van der Waals surface area contributed by atoms with Crippen LogP contribution in [0.2, 0.25) is 0 Å². The van der Waals surface area contributed by atoms with Crippen LogP contribution in [0.1, 0.15) is 0 Å². The maximum atomic E-state index is 5.64. The van der Waals surface area contributed by atoms with E-state index in [1.54, 1.807) is 10.9 Å². The highest BCUT2D eigenvalue weighted by molar-refractivity contribution is 6.17. The molecule has 6 nitrogen and oxygen atoms in total. The van der Waals surface area contributed by atoms with Gasteiger partial charge in [0.15, 0.2) is 11.5 Å². The van der Waals surface area contributed by atoms with Gasteiger partial charge in [0, 0.05) is 5.88 Å². The average Bonchev–Trinajstić information content (AvgIpc) is 2.64. The topological polar surface area (TPSA) is 78.9 Å². The van der Waals surface area contributed by atoms with Gasteiger partial charge in [-0.15, -0.1) is 11.6 Å². The van der Waals surface area contributed by atoms with Crippen molar-refractivity contribution in [3.05, 3.63) is 12.7 Å². The standard InChI is InChI=1S/C8H10ClN5O/c9-1-2-15-5-14-4-13-6-7(10)11-3-12-8(6)14/h3-4H,1-2,5H2,(H2,10,11,12). The summed E-state index contributed by atoms with van der Waals surface area (Å²) in [5.74, 6) is 0.833. The molecule has 0 unspecified atom stereocenters. The SMILES string of the molecule is Nc1ncnc2c1ncn2COCCCl. The van der Waals surface area contributed by atoms with Gasteiger partial charge in [-0.25, -0.2) is 15.0 Å². The van der Waals surface area contributed by atoms with Crippen molar-refractivity contribution in [3.8, 4) is 0 Å². The zero-order valence-electron chi connectivity index (χ0n) is 7.93. The summed E-state index contributed by atoms with van der Waals surface area (Å²) in [6, 6.07) is 0. The summed E-state index contributed by atoms with van der Waals surface area (Å²) < 4.78 is 7.01. The number of halogens is 1. The van der Waals surface area contributed by atoms with Gasteiger partial charge in [-0.1, -0.05) is 0 Å². The van der Waals surface area contributed by atoms with E-state index < -0.39 is 0 Å². The van der Waals surface area contributed by atoms with Crippen LogP contribution in [0, 0.1) is 0 Å². The molecule has 0 saturated carbocycles. The smallest absolute Gasteiger partial charge is 0.167 e. The lowest BCUT2D eigenvalue weighted by Gasteiger charge is -2.03. The first-order chi connectivity index (χ1) is 7.33. The van der Waals surface area contributed by atoms with Crippen LogP contribution >= 0.6 is 11.6 Å². The highest BCUT2D eigenvalue weighted by atomic mass is 35.5. The third-order valence-electron chi connectivity index (χ3n) is 1.88. The van der Waals surface area contributed by atoms with Crippen LogP contribution in [0.15, 0.2) is 12.7 Å². The lowest BCUT2D eigenvalue weighted by Crippen LogP contribution is -2.04. The first kappa shape index (κ1) is 10.1. The number of nitrogens with zero attached hydrogens (tertiary/aromatic N) is 4. The molecule has 0 atom stereocenters. The highest BCUT2D eigenvalue weighted by Crippen LogP contribution is 2.13. The number of hydrogen-bond donors (Lipinski definition) is 1. The number of imidazole rings is 1. The van der Waals surface area contributed by atoms with E-state index in [4.69, 9.17) is 22.1 Å². The molecular formula is C8H10ClN5O. The van der Waals surface area contributed by atoms with E-state index in [1.807, 2.05) is 0 Å². The van der Waals surface area contributed by atoms with Gasteiger partial charge < -0.3 is 10.5 Å². The molecule has 2 heterocycles. The molecule has 0 fully saturated rings. The van der Waals surface area contributed by atoms with E-state index in [1.165, 1.54) is 6.33 Å². The summed E-state index contributed by atoms with van der Waals surface area (Å²) in [7, 11) is 0. The van der Waals surface area contributed by atoms with Gasteiger partial charge in [-0.2, -0.15) is 0 Å². The van der Waals surface area contributed by atoms with Crippen molar-refractivity contribution >= 4 is 28.6 Å². The molecule has 15 heavy (non-hydrogen) atoms. The van der Waals surface area contributed by atoms with Crippen LogP contribution in [-0.2, 0) is 11.5 Å². The van der Waals surface area contributed by atoms with Gasteiger partial charge >= 0.3 is 0 Å². The van der Waals surface area contributed by atoms with E-state index >= 15 is 0 Å². The Morgan fingerprint density at radius 1 is 1.40 bits per heavy atom. The number of nitrogen functional groups attached to an aromatic ring is 1. The Kier molecular flexibility index (Phi) is 2.98. The Balaban J connectivity index is 2.25. The van der Waals surface area contributed by atoms with Crippen molar-refractivity contribution < 1.29 is 4.74 Å². The third kappa shape index (κ3) is 2.00. The second-order valence-electron chi connectivity index (χ2n) is 2.87. The van der Waals surface area contributed by atoms with Crippen LogP contribution < -0.4 is 5.73 Å². The van der Waals surface area contributed by atoms with Crippen LogP contribution in [-0.4, -0.2) is 32.0 Å². The molecule has 0 amide bonds. The molecular weight excluding hydrogens is 218 g/mol. The minimum absolute atomic E-state index is 0.361. The predicted molar refractivity (Wildman–Crippen MR) is 56.4 cm³/mol. The summed E-state index contributed by atoms with van der Waals surface area (Å²) in [6.45, 7) is 0.849. The van der Waals surface area contributed by atoms with Crippen LogP contribution in [0.4, 0.5) is 5.82 Å². The lowest BCUT2D eigenvalue weighted by molar-refractivity contribution is 0.0916. The van der Waals surface area contributed by atoms with Crippen molar-refractivity contribution in [2.45, 2.75) is 6.73 Å². The first-order valence-electron chi connectivity index (χ1n) is 4.38. The zero-order valence-corrected chi connectivity index (χ0v) is 8.68. The highest BCUT2D eigenvalue weighted by Gasteiger charge is 2.06. The molecule has 2 rings (SSSR count). The summed E-state index contributed by atoms with van der Waals surface area (Å²) in [6.07, 6.45) is 3.02. The van der Waals surface area contributed by atoms with E-state index in [0.29, 0.717) is 36.2 Å². The van der Waals surface area contributed by atoms with E-state index in [9.17, 15) is 0 Å². The minimum atomic E-state index is 0.361. The third-order valence-corrected chi connectivity index (χ3v) is 2.04. The molecule has 0 bridgehead atoms. The number of hydrogen-bond acceptors (Lipinski definition) is 5. The largest absolute Gasteiger partial charge is 0.382 e. The molecule has 2 N–H and O–H groups in total. The number of alkyl halides is 1. The van der Waals surface area contributed by atoms with E-state index in [-0.39, 0.29) is 0 Å². The summed E-state index contributed by atoms with van der Waals surface area (Å²) in [5.41, 5.74) is 6.89. The Morgan fingerprint density at radius 3 is 3.07 bits per heavy atom. The fourth-order valence-corrected chi connectivity index (χ4v) is 1.32. The molecule has 80 valence electrons. The normalized spacial score (nSPS) is 11.0. The van der Waals surface area contributed by atoms with Crippen LogP contribution in [0.5, 0.6) is 0 Å². The molecule has 0 aliphatic rings. The van der Waals surface area contributed by atoms with Crippen LogP contribution in [0.3, 0.4) is 0 Å². The number of nitrogens with two attached hydrogens (primary N) is 1. The number of rotatable bonds is 4. The Labute approximate surface area is 91.0 Å². The Morgan fingerprint density at radius 2 is 2.27 bits per heavy atom. The fourth-order valence-electron chi connectivity index (χ4n) is 1.21. The van der Waals surface area contributed by atoms with Crippen molar-refractivity contribution in [2.24, 2.45) is 0 Å². The maximum absolute atomic E-state index is 5.64. The Bertz CT molecular complexity index is 457. The second-order valence-corrected chi connectivity index (χ2v) is 3.25. The summed E-state index contributed by atoms with van der Waals surface area (Å²) in [4.78, 5) is 12.0. The Hall–Kier alpha value is -1.40. The molecule has 2 aromatic heterocycles. The summed E-state index contributed by atoms with van der Waals surface area (Å²) >= 11 is 5.49. The van der Waals surface area contributed by atoms with Gasteiger partial charge in [-0.05, 0) is 0 Å². The molecule has 0 saturated heterocycles. The van der Waals surface area contributed by atoms with Crippen LogP contribution in [0.25, 0.3) is 11.2 Å². The maximum Gasteiger partial charge on any atom is 0.167 e. The number of aromatic nitrogens is 4. The lowest BCUT2D eigenvalue weighted by atomic mass is 10.5. The van der Waals surface area contributed by atoms with E-state index in [0.717, 1.165) is 0 Å². The van der Waals surface area contributed by atoms with Gasteiger partial charge in [-0.3, -0.25) is 4.57 Å². The zero-order chi connectivity index (χ0) is 10.7. The van der Waals surface area contributed by atoms with E-state index in [2.05, 4.69) is 15.0 Å². The minimum Gasteiger partial charge on any atom is -0.382 e. The average molecular weight is 228 g/mol. The molecule has 0 aromatic carbocycles. The monoisotopic (exact) mass is 227 g/mol. The van der Waals surface area contributed by atoms with Gasteiger partial charge in [0.05, 0.1) is 12.9 Å². The number of anilines is 1. The molecule has 7 heteroatoms. The second kappa shape index (κ2) is 4.41. The predicted octanol–water partition coefficient (Wildman–Crippen LogP) is 0.621. The molecule has 2 aromatic rings. The number of ether oxygens (including phenoxy) is 1. The van der Waals surface area contributed by atoms with Gasteiger partial charge in [0.2, 0.25) is 0 Å². The van der Waals surface area contributed by atoms with Gasteiger partial charge in [0.1, 0.15) is 18.6 Å². The van der Waals surface area contributed by atoms with Crippen molar-refractivity contribution in [1.29, 1.82) is 0 Å². The van der Waals surface area contributed by atoms with Crippen molar-refractivity contribution in [2.75, 3.05) is 18.2 Å². The quantitative estimate of drug-likeness (QED) is 0.612. The molecule has 0 aliphatic heterocycles. The number of fused-ring (bicyclic) bond motifs is 1. The van der Waals surface area contributed by atoms with Gasteiger partial charge in [0.25, 0.3) is 0 Å². The van der Waals surface area contributed by atoms with Crippen molar-refractivity contribution in [1.82, 2.24) is 19.5 Å². The molecule has 0 aliphatic carbocycles. The summed E-state index contributed by atoms with van der Waals surface area (Å²) in [5, 5.41) is 0. The molecule has 0 radical (unpaired) electrons. The fraction of sp³-hybridized carbons (Fsp3) is 0.375. The van der Waals surface area contributed by atoms with Crippen molar-refractivity contribution in [3.63, 3.8) is 0 Å². The molecule has 0 spiro atoms.